The summed E-state index contributed by atoms with van der Waals surface area (Å²) in [5, 5.41) is 12.6. The molecule has 70 valence electrons. The van der Waals surface area contributed by atoms with Crippen LogP contribution in [0.15, 0.2) is 10.9 Å². The number of aromatic nitrogens is 1. The Morgan fingerprint density at radius 3 is 3.08 bits per heavy atom. The van der Waals surface area contributed by atoms with Crippen LogP contribution >= 0.6 is 11.3 Å². The maximum Gasteiger partial charge on any atom is 0.326 e. The van der Waals surface area contributed by atoms with Gasteiger partial charge in [0.25, 0.3) is 0 Å². The molecule has 1 rings (SSSR count). The molecule has 0 saturated heterocycles. The van der Waals surface area contributed by atoms with Gasteiger partial charge in [0.15, 0.2) is 0 Å². The van der Waals surface area contributed by atoms with E-state index in [2.05, 4.69) is 10.3 Å². The van der Waals surface area contributed by atoms with Crippen LogP contribution in [-0.4, -0.2) is 28.5 Å². The minimum atomic E-state index is -1.06. The number of amides is 1. The van der Waals surface area contributed by atoms with E-state index in [1.807, 2.05) is 0 Å². The largest absolute Gasteiger partial charge is 0.480 e. The number of carbonyl (C=O) groups excluding carboxylic acids is 1. The van der Waals surface area contributed by atoms with Crippen molar-refractivity contribution in [3.63, 3.8) is 0 Å². The Morgan fingerprint density at radius 2 is 2.62 bits per heavy atom. The normalized spacial score (nSPS) is 12.0. The first kappa shape index (κ1) is 9.66. The molecule has 6 heteroatoms. The van der Waals surface area contributed by atoms with Gasteiger partial charge in [0.05, 0.1) is 11.2 Å². The Bertz CT molecular complexity index is 286. The summed E-state index contributed by atoms with van der Waals surface area (Å²) < 4.78 is 0. The molecule has 0 aliphatic heterocycles. The van der Waals surface area contributed by atoms with E-state index < -0.39 is 12.0 Å². The Hall–Kier alpha value is -1.43. The van der Waals surface area contributed by atoms with Crippen LogP contribution in [0.1, 0.15) is 5.69 Å². The van der Waals surface area contributed by atoms with Crippen molar-refractivity contribution < 1.29 is 14.7 Å². The molecule has 1 aromatic rings. The minimum Gasteiger partial charge on any atom is -0.480 e. The second-order valence-corrected chi connectivity index (χ2v) is 3.08. The monoisotopic (exact) mass is 200 g/mol. The summed E-state index contributed by atoms with van der Waals surface area (Å²) in [5.74, 6) is -1.06. The number of hydrogen-bond acceptors (Lipinski definition) is 4. The maximum atomic E-state index is 10.6. The predicted molar refractivity (Wildman–Crippen MR) is 46.4 cm³/mol. The van der Waals surface area contributed by atoms with Crippen LogP contribution in [0.3, 0.4) is 0 Å². The second kappa shape index (κ2) is 4.56. The van der Waals surface area contributed by atoms with Crippen molar-refractivity contribution >= 4 is 23.7 Å². The van der Waals surface area contributed by atoms with Gasteiger partial charge in [-0.25, -0.2) is 9.78 Å². The number of carbonyl (C=O) groups is 2. The van der Waals surface area contributed by atoms with Crippen molar-refractivity contribution in [1.82, 2.24) is 10.3 Å². The first-order valence-corrected chi connectivity index (χ1v) is 4.48. The van der Waals surface area contributed by atoms with Crippen molar-refractivity contribution in [2.24, 2.45) is 0 Å². The molecule has 0 saturated carbocycles. The first-order valence-electron chi connectivity index (χ1n) is 3.53. The third kappa shape index (κ3) is 2.83. The average molecular weight is 200 g/mol. The van der Waals surface area contributed by atoms with Gasteiger partial charge in [0, 0.05) is 11.8 Å². The summed E-state index contributed by atoms with van der Waals surface area (Å²) >= 11 is 1.39. The van der Waals surface area contributed by atoms with Crippen LogP contribution in [0, 0.1) is 0 Å². The second-order valence-electron chi connectivity index (χ2n) is 2.36. The van der Waals surface area contributed by atoms with E-state index >= 15 is 0 Å². The third-order valence-electron chi connectivity index (χ3n) is 1.46. The van der Waals surface area contributed by atoms with Gasteiger partial charge in [-0.3, -0.25) is 4.79 Å². The first-order chi connectivity index (χ1) is 6.24. The zero-order valence-corrected chi connectivity index (χ0v) is 7.45. The maximum absolute atomic E-state index is 10.6. The van der Waals surface area contributed by atoms with Gasteiger partial charge in [-0.2, -0.15) is 0 Å². The van der Waals surface area contributed by atoms with Crippen molar-refractivity contribution in [1.29, 1.82) is 0 Å². The SMILES string of the molecule is O=CN[C@@H](Cc1cscn1)C(=O)O. The number of thiazole rings is 1. The average Bonchev–Trinajstić information content (AvgIpc) is 2.56. The summed E-state index contributed by atoms with van der Waals surface area (Å²) in [6.07, 6.45) is 0.600. The van der Waals surface area contributed by atoms with Crippen LogP contribution < -0.4 is 5.32 Å². The number of rotatable bonds is 5. The highest BCUT2D eigenvalue weighted by atomic mass is 32.1. The van der Waals surface area contributed by atoms with E-state index in [9.17, 15) is 9.59 Å². The van der Waals surface area contributed by atoms with E-state index in [0.717, 1.165) is 0 Å². The number of nitrogens with zero attached hydrogens (tertiary/aromatic N) is 1. The van der Waals surface area contributed by atoms with E-state index in [4.69, 9.17) is 5.11 Å². The Balaban J connectivity index is 2.57. The van der Waals surface area contributed by atoms with Gasteiger partial charge in [-0.1, -0.05) is 0 Å². The van der Waals surface area contributed by atoms with Gasteiger partial charge >= 0.3 is 5.97 Å². The Morgan fingerprint density at radius 1 is 1.85 bits per heavy atom. The molecule has 0 aliphatic rings. The number of hydrogen-bond donors (Lipinski definition) is 2. The molecular formula is C7H8N2O3S. The van der Waals surface area contributed by atoms with Gasteiger partial charge in [0.1, 0.15) is 6.04 Å². The van der Waals surface area contributed by atoms with E-state index in [0.29, 0.717) is 12.1 Å². The Labute approximate surface area is 78.4 Å². The molecule has 0 spiro atoms. The standard InChI is InChI=1S/C7H8N2O3S/c10-3-8-6(7(11)12)1-5-2-13-4-9-5/h2-4,6H,1H2,(H,8,10)(H,11,12)/t6-/m0/s1. The lowest BCUT2D eigenvalue weighted by Gasteiger charge is -2.08. The van der Waals surface area contributed by atoms with Crippen molar-refractivity contribution in [3.05, 3.63) is 16.6 Å². The van der Waals surface area contributed by atoms with Crippen LogP contribution in [0.4, 0.5) is 0 Å². The van der Waals surface area contributed by atoms with Gasteiger partial charge < -0.3 is 10.4 Å². The Kier molecular flexibility index (Phi) is 3.39. The summed E-state index contributed by atoms with van der Waals surface area (Å²) in [5.41, 5.74) is 2.29. The molecule has 0 radical (unpaired) electrons. The molecule has 0 fully saturated rings. The van der Waals surface area contributed by atoms with E-state index in [1.54, 1.807) is 10.9 Å². The van der Waals surface area contributed by atoms with Gasteiger partial charge in [-0.05, 0) is 0 Å². The molecule has 1 atom stereocenters. The predicted octanol–water partition coefficient (Wildman–Crippen LogP) is -0.115. The van der Waals surface area contributed by atoms with E-state index in [1.165, 1.54) is 11.3 Å². The lowest BCUT2D eigenvalue weighted by molar-refractivity contribution is -0.140. The molecule has 0 unspecified atom stereocenters. The minimum absolute atomic E-state index is 0.220. The quantitative estimate of drug-likeness (QED) is 0.650. The van der Waals surface area contributed by atoms with Crippen LogP contribution in [0.25, 0.3) is 0 Å². The smallest absolute Gasteiger partial charge is 0.326 e. The molecule has 5 nitrogen and oxygen atoms in total. The number of nitrogens with one attached hydrogen (secondary N) is 1. The van der Waals surface area contributed by atoms with Gasteiger partial charge in [0.2, 0.25) is 6.41 Å². The number of carboxylic acids is 1. The zero-order chi connectivity index (χ0) is 9.68. The molecule has 0 bridgehead atoms. The summed E-state index contributed by atoms with van der Waals surface area (Å²) in [6, 6.07) is -0.889. The molecule has 1 heterocycles. The highest BCUT2D eigenvalue weighted by Gasteiger charge is 2.17. The van der Waals surface area contributed by atoms with Crippen molar-refractivity contribution in [3.8, 4) is 0 Å². The lowest BCUT2D eigenvalue weighted by Crippen LogP contribution is -2.37. The van der Waals surface area contributed by atoms with Crippen LogP contribution in [0.5, 0.6) is 0 Å². The summed E-state index contributed by atoms with van der Waals surface area (Å²) in [6.45, 7) is 0. The fraction of sp³-hybridized carbons (Fsp3) is 0.286. The molecule has 1 aromatic heterocycles. The molecule has 13 heavy (non-hydrogen) atoms. The molecule has 2 N–H and O–H groups in total. The molecule has 0 aromatic carbocycles. The summed E-state index contributed by atoms with van der Waals surface area (Å²) in [7, 11) is 0. The van der Waals surface area contributed by atoms with Crippen molar-refractivity contribution in [2.45, 2.75) is 12.5 Å². The van der Waals surface area contributed by atoms with Crippen molar-refractivity contribution in [2.75, 3.05) is 0 Å². The zero-order valence-electron chi connectivity index (χ0n) is 6.64. The molecular weight excluding hydrogens is 192 g/mol. The highest BCUT2D eigenvalue weighted by molar-refractivity contribution is 7.07. The summed E-state index contributed by atoms with van der Waals surface area (Å²) in [4.78, 5) is 24.5. The highest BCUT2D eigenvalue weighted by Crippen LogP contribution is 2.04. The van der Waals surface area contributed by atoms with Crippen LogP contribution in [0.2, 0.25) is 0 Å². The van der Waals surface area contributed by atoms with Crippen LogP contribution in [-0.2, 0) is 16.0 Å². The fourth-order valence-corrected chi connectivity index (χ4v) is 1.42. The third-order valence-corrected chi connectivity index (χ3v) is 2.10. The molecule has 0 aliphatic carbocycles. The topological polar surface area (TPSA) is 79.3 Å². The lowest BCUT2D eigenvalue weighted by atomic mass is 10.2. The van der Waals surface area contributed by atoms with Gasteiger partial charge in [-0.15, -0.1) is 11.3 Å². The number of carboxylic acid groups (broad SMARTS) is 1. The molecule has 1 amide bonds. The fourth-order valence-electron chi connectivity index (χ4n) is 0.847. The number of aliphatic carboxylic acids is 1. The van der Waals surface area contributed by atoms with E-state index in [-0.39, 0.29) is 6.42 Å².